The molecule has 3 fully saturated rings. The number of anilines is 1. The summed E-state index contributed by atoms with van der Waals surface area (Å²) in [6, 6.07) is 2.29. The van der Waals surface area contributed by atoms with Crippen molar-refractivity contribution >= 4 is 40.8 Å². The number of hydrogen-bond acceptors (Lipinski definition) is 17. The van der Waals surface area contributed by atoms with Gasteiger partial charge in [-0.15, -0.1) is 0 Å². The molecule has 14 atom stereocenters. The van der Waals surface area contributed by atoms with Gasteiger partial charge in [-0.2, -0.15) is 0 Å². The second kappa shape index (κ2) is 21.4. The van der Waals surface area contributed by atoms with Crippen molar-refractivity contribution in [2.45, 2.75) is 174 Å². The Morgan fingerprint density at radius 2 is 1.75 bits per heavy atom. The summed E-state index contributed by atoms with van der Waals surface area (Å²) in [5, 5.41) is 12.1. The number of cyclic esters (lactones) is 1. The Hall–Kier alpha value is -4.82. The predicted octanol–water partition coefficient (Wildman–Crippen LogP) is 5.15. The average molecular weight is 951 g/mol. The zero-order valence-corrected chi connectivity index (χ0v) is 41.9. The summed E-state index contributed by atoms with van der Waals surface area (Å²) < 4.78 is 41.0. The number of nitrogens with two attached hydrogens (primary N) is 1. The number of carbonyl (C=O) groups excluding carboxylic acids is 4. The fourth-order valence-electron chi connectivity index (χ4n) is 11.1. The lowest BCUT2D eigenvalue weighted by Crippen LogP contribution is -2.65. The average Bonchev–Trinajstić information content (AvgIpc) is 3.85. The number of hydrogen-bond donors (Lipinski definition) is 2. The maximum Gasteiger partial charge on any atom is 0.410 e. The van der Waals surface area contributed by atoms with Crippen molar-refractivity contribution in [2.24, 2.45) is 23.7 Å². The zero-order chi connectivity index (χ0) is 49.9. The van der Waals surface area contributed by atoms with Gasteiger partial charge in [-0.3, -0.25) is 19.4 Å². The molecule has 19 heteroatoms. The first-order chi connectivity index (χ1) is 32.1. The van der Waals surface area contributed by atoms with Crippen molar-refractivity contribution in [3.05, 3.63) is 42.7 Å². The molecule has 0 saturated carbocycles. The summed E-state index contributed by atoms with van der Waals surface area (Å²) in [6.07, 6.45) is 2.72. The number of fused-ring (bicyclic) bond motifs is 2. The fourth-order valence-corrected chi connectivity index (χ4v) is 11.1. The van der Waals surface area contributed by atoms with Gasteiger partial charge in [0.15, 0.2) is 22.9 Å². The van der Waals surface area contributed by atoms with E-state index in [0.717, 1.165) is 0 Å². The number of imidazole rings is 1. The van der Waals surface area contributed by atoms with Crippen molar-refractivity contribution in [3.63, 3.8) is 0 Å². The van der Waals surface area contributed by atoms with Crippen molar-refractivity contribution in [1.82, 2.24) is 34.3 Å². The number of pyridine rings is 1. The number of aromatic nitrogens is 5. The molecule has 6 rings (SSSR count). The van der Waals surface area contributed by atoms with Gasteiger partial charge in [0.1, 0.15) is 35.9 Å². The highest BCUT2D eigenvalue weighted by atomic mass is 16.7. The van der Waals surface area contributed by atoms with E-state index in [0.29, 0.717) is 49.1 Å². The lowest BCUT2D eigenvalue weighted by Gasteiger charge is -2.52. The molecule has 3 aliphatic rings. The van der Waals surface area contributed by atoms with E-state index in [1.165, 1.54) is 13.4 Å². The first-order valence-corrected chi connectivity index (χ1v) is 24.1. The molecule has 68 heavy (non-hydrogen) atoms. The molecule has 3 saturated heterocycles. The molecule has 0 aliphatic carbocycles. The standard InChI is InChI=1S/C49H74N8O11/c1-13-35-48(9)40(57(46(62)68-48)21-16-15-20-56-27-54-37-43(50)52-26-53-44(37)56)30(5)38(59)28(3)24-47(8,63-12)42(67-49(10)41(60)34(55(11)14-2)22-29(4)66-49)31(6)39(32(7)45(61)64-35)65-36(58)23-33-18-17-19-51-25-33/h17-19,25-32,34-35,39-42,60H,13-16,20-24H2,1-12H3,(H2,50,52,53)/t28-,29-,30+,31+,32-,34+,35-,39?,40-,41-,42-,47-,48-,49+/m1/s1. The Morgan fingerprint density at radius 3 is 2.41 bits per heavy atom. The topological polar surface area (TPSA) is 233 Å². The molecule has 6 heterocycles. The van der Waals surface area contributed by atoms with Crippen LogP contribution >= 0.6 is 0 Å². The molecule has 3 N–H and O–H groups in total. The Labute approximate surface area is 400 Å². The molecule has 3 aromatic heterocycles. The summed E-state index contributed by atoms with van der Waals surface area (Å²) >= 11 is 0. The van der Waals surface area contributed by atoms with Crippen LogP contribution in [0.4, 0.5) is 10.6 Å². The maximum absolute atomic E-state index is 15.1. The number of aryl methyl sites for hydroxylation is 1. The number of nitrogen functional groups attached to an aromatic ring is 1. The summed E-state index contributed by atoms with van der Waals surface area (Å²) in [5.41, 5.74) is 4.92. The second-order valence-electron chi connectivity index (χ2n) is 19.9. The van der Waals surface area contributed by atoms with Crippen LogP contribution in [0.1, 0.15) is 107 Å². The van der Waals surface area contributed by atoms with Crippen molar-refractivity contribution in [1.29, 1.82) is 0 Å². The molecule has 3 aliphatic heterocycles. The number of nitrogens with zero attached hydrogens (tertiary/aromatic N) is 7. The molecule has 1 unspecified atom stereocenters. The van der Waals surface area contributed by atoms with Crippen LogP contribution in [0.3, 0.4) is 0 Å². The van der Waals surface area contributed by atoms with E-state index >= 15 is 4.79 Å². The van der Waals surface area contributed by atoms with Gasteiger partial charge < -0.3 is 53.6 Å². The molecular formula is C49H74N8O11. The Bertz CT molecular complexity index is 2230. The number of likely N-dealkylation sites (N-methyl/N-ethyl adjacent to an activating group) is 1. The van der Waals surface area contributed by atoms with Crippen LogP contribution in [0.25, 0.3) is 11.2 Å². The summed E-state index contributed by atoms with van der Waals surface area (Å²) in [4.78, 5) is 78.6. The first-order valence-electron chi connectivity index (χ1n) is 24.1. The third-order valence-electron chi connectivity index (χ3n) is 14.9. The summed E-state index contributed by atoms with van der Waals surface area (Å²) in [5.74, 6) is -6.30. The van der Waals surface area contributed by atoms with E-state index in [1.54, 1.807) is 70.4 Å². The van der Waals surface area contributed by atoms with Crippen molar-refractivity contribution < 1.29 is 52.7 Å². The molecule has 0 spiro atoms. The molecule has 3 aromatic rings. The predicted molar refractivity (Wildman–Crippen MR) is 251 cm³/mol. The van der Waals surface area contributed by atoms with Gasteiger partial charge in [0.05, 0.1) is 42.5 Å². The van der Waals surface area contributed by atoms with Crippen LogP contribution < -0.4 is 5.73 Å². The molecule has 1 amide bonds. The van der Waals surface area contributed by atoms with Crippen LogP contribution in [0.15, 0.2) is 37.2 Å². The molecule has 0 aromatic carbocycles. The smallest absolute Gasteiger partial charge is 0.410 e. The zero-order valence-electron chi connectivity index (χ0n) is 41.9. The van der Waals surface area contributed by atoms with E-state index < -0.39 is 89.2 Å². The van der Waals surface area contributed by atoms with Crippen LogP contribution in [-0.2, 0) is 55.8 Å². The molecule has 19 nitrogen and oxygen atoms in total. The number of carbonyl (C=O) groups is 4. The summed E-state index contributed by atoms with van der Waals surface area (Å²) in [7, 11) is 3.46. The van der Waals surface area contributed by atoms with Crippen LogP contribution in [-0.4, -0.2) is 150 Å². The SMILES string of the molecule is CC[C@H]1OC(=O)[C@H](C)C(OC(=O)Cc2cccnc2)[C@H](C)[C@@H](O[C@]2(C)O[C@H](C)C[C@H](N(C)CC)[C@H]2O)[C@](C)(OC)C[C@@H](C)C(=O)[C@H](C)[C@H]2N(CCCCn3cnc4c(N)ncnc43)C(=O)O[C@]12C. The van der Waals surface area contributed by atoms with E-state index in [-0.39, 0.29) is 49.6 Å². The lowest BCUT2D eigenvalue weighted by atomic mass is 9.73. The summed E-state index contributed by atoms with van der Waals surface area (Å²) in [6.45, 7) is 19.5. The number of Topliss-reactive ketones (excluding diaryl/α,β-unsaturated/α-hetero) is 1. The van der Waals surface area contributed by atoms with Gasteiger partial charge in [0.2, 0.25) is 0 Å². The highest BCUT2D eigenvalue weighted by Gasteiger charge is 2.61. The van der Waals surface area contributed by atoms with Gasteiger partial charge in [0.25, 0.3) is 0 Å². The van der Waals surface area contributed by atoms with Gasteiger partial charge in [-0.1, -0.05) is 40.7 Å². The van der Waals surface area contributed by atoms with Gasteiger partial charge in [0, 0.05) is 56.4 Å². The Morgan fingerprint density at radius 1 is 1.03 bits per heavy atom. The fraction of sp³-hybridized carbons (Fsp3) is 0.714. The third kappa shape index (κ3) is 10.7. The highest BCUT2D eigenvalue weighted by molar-refractivity contribution is 5.85. The highest BCUT2D eigenvalue weighted by Crippen LogP contribution is 2.45. The number of unbranched alkanes of at least 4 members (excludes halogenated alkanes) is 1. The van der Waals surface area contributed by atoms with Crippen molar-refractivity contribution in [2.75, 3.05) is 33.0 Å². The lowest BCUT2D eigenvalue weighted by molar-refractivity contribution is -0.359. The van der Waals surface area contributed by atoms with E-state index in [2.05, 4.69) is 19.9 Å². The number of ether oxygens (including phenoxy) is 6. The number of rotatable bonds is 14. The van der Waals surface area contributed by atoms with Crippen LogP contribution in [0.5, 0.6) is 0 Å². The first kappa shape index (κ1) is 52.5. The number of aliphatic hydroxyl groups excluding tert-OH is 1. The number of amides is 1. The van der Waals surface area contributed by atoms with E-state index in [4.69, 9.17) is 34.2 Å². The second-order valence-corrected chi connectivity index (χ2v) is 19.9. The monoisotopic (exact) mass is 951 g/mol. The number of methoxy groups -OCH3 is 1. The van der Waals surface area contributed by atoms with Crippen LogP contribution in [0, 0.1) is 23.7 Å². The Balaban J connectivity index is 1.39. The van der Waals surface area contributed by atoms with Crippen LogP contribution in [0.2, 0.25) is 0 Å². The van der Waals surface area contributed by atoms with Gasteiger partial charge in [-0.25, -0.2) is 19.7 Å². The largest absolute Gasteiger partial charge is 0.461 e. The van der Waals surface area contributed by atoms with E-state index in [1.807, 2.05) is 51.1 Å². The minimum atomic E-state index is -1.62. The molecule has 376 valence electrons. The number of aliphatic hydroxyl groups is 1. The quantitative estimate of drug-likeness (QED) is 0.121. The minimum absolute atomic E-state index is 0.0965. The van der Waals surface area contributed by atoms with Gasteiger partial charge >= 0.3 is 18.0 Å². The molecule has 0 bridgehead atoms. The molecule has 0 radical (unpaired) electrons. The normalized spacial score (nSPS) is 35.2. The van der Waals surface area contributed by atoms with Crippen molar-refractivity contribution in [3.8, 4) is 0 Å². The minimum Gasteiger partial charge on any atom is -0.461 e. The Kier molecular flexibility index (Phi) is 16.6. The van der Waals surface area contributed by atoms with E-state index in [9.17, 15) is 19.5 Å². The molecular weight excluding hydrogens is 877 g/mol. The number of esters is 2. The maximum atomic E-state index is 15.1. The van der Waals surface area contributed by atoms with Gasteiger partial charge in [-0.05, 0) is 91.9 Å². The number of ketones is 1. The third-order valence-corrected chi connectivity index (χ3v) is 14.9.